The van der Waals surface area contributed by atoms with Crippen molar-refractivity contribution in [3.8, 4) is 5.75 Å². The molecule has 0 atom stereocenters. The first kappa shape index (κ1) is 15.5. The Labute approximate surface area is 132 Å². The largest absolute Gasteiger partial charge is 0.484 e. The van der Waals surface area contributed by atoms with E-state index in [0.29, 0.717) is 11.7 Å². The van der Waals surface area contributed by atoms with Crippen molar-refractivity contribution < 1.29 is 9.53 Å². The third-order valence-electron chi connectivity index (χ3n) is 2.71. The Morgan fingerprint density at radius 1 is 1.29 bits per heavy atom. The van der Waals surface area contributed by atoms with E-state index in [9.17, 15) is 4.79 Å². The van der Waals surface area contributed by atoms with Crippen LogP contribution in [-0.4, -0.2) is 18.7 Å². The fraction of sp³-hybridized carbons (Fsp3) is 0.250. The van der Waals surface area contributed by atoms with E-state index in [0.717, 1.165) is 15.2 Å². The molecule has 0 aliphatic heterocycles. The van der Waals surface area contributed by atoms with Crippen LogP contribution in [-0.2, 0) is 4.79 Å². The first-order valence-corrected chi connectivity index (χ1v) is 7.48. The Hall–Kier alpha value is -1.88. The lowest BCUT2D eigenvalue weighted by molar-refractivity contribution is -0.123. The maximum atomic E-state index is 11.6. The fourth-order valence-corrected chi connectivity index (χ4v) is 2.10. The summed E-state index contributed by atoms with van der Waals surface area (Å²) in [6, 6.07) is 11.7. The van der Waals surface area contributed by atoms with Crippen LogP contribution in [0.4, 0.5) is 0 Å². The van der Waals surface area contributed by atoms with Gasteiger partial charge in [-0.3, -0.25) is 4.79 Å². The highest BCUT2D eigenvalue weighted by Crippen LogP contribution is 2.24. The predicted octanol–water partition coefficient (Wildman–Crippen LogP) is 3.74. The molecule has 110 valence electrons. The molecule has 0 unspecified atom stereocenters. The SMILES string of the molecule is CC(C)/C=N\NC(=O)COc1ccc2cc(Br)ccc2c1. The zero-order chi connectivity index (χ0) is 15.2. The smallest absolute Gasteiger partial charge is 0.277 e. The molecule has 0 bridgehead atoms. The summed E-state index contributed by atoms with van der Waals surface area (Å²) in [7, 11) is 0. The Morgan fingerprint density at radius 2 is 2.00 bits per heavy atom. The molecule has 0 saturated carbocycles. The molecule has 0 aromatic heterocycles. The quantitative estimate of drug-likeness (QED) is 0.660. The predicted molar refractivity (Wildman–Crippen MR) is 88.6 cm³/mol. The second-order valence-electron chi connectivity index (χ2n) is 5.00. The Bertz CT molecular complexity index is 668. The van der Waals surface area contributed by atoms with Crippen molar-refractivity contribution in [1.82, 2.24) is 5.43 Å². The van der Waals surface area contributed by atoms with Gasteiger partial charge in [0.15, 0.2) is 6.61 Å². The van der Waals surface area contributed by atoms with Crippen molar-refractivity contribution in [3.05, 3.63) is 40.9 Å². The minimum Gasteiger partial charge on any atom is -0.484 e. The Balaban J connectivity index is 1.94. The third kappa shape index (κ3) is 4.86. The fourth-order valence-electron chi connectivity index (χ4n) is 1.72. The summed E-state index contributed by atoms with van der Waals surface area (Å²) >= 11 is 3.44. The number of hydrogen-bond donors (Lipinski definition) is 1. The number of halogens is 1. The van der Waals surface area contributed by atoms with Crippen LogP contribution in [0.25, 0.3) is 10.8 Å². The van der Waals surface area contributed by atoms with Crippen LogP contribution >= 0.6 is 15.9 Å². The molecule has 0 saturated heterocycles. The molecule has 0 heterocycles. The lowest BCUT2D eigenvalue weighted by Gasteiger charge is -2.07. The van der Waals surface area contributed by atoms with Gasteiger partial charge in [-0.15, -0.1) is 0 Å². The van der Waals surface area contributed by atoms with Crippen molar-refractivity contribution in [3.63, 3.8) is 0 Å². The number of rotatable bonds is 5. The maximum Gasteiger partial charge on any atom is 0.277 e. The van der Waals surface area contributed by atoms with E-state index in [1.807, 2.05) is 50.2 Å². The molecule has 2 aromatic carbocycles. The van der Waals surface area contributed by atoms with Gasteiger partial charge in [0, 0.05) is 10.7 Å². The number of hydrazone groups is 1. The normalized spacial score (nSPS) is 11.2. The molecular formula is C16H17BrN2O2. The summed E-state index contributed by atoms with van der Waals surface area (Å²) in [5, 5.41) is 6.01. The van der Waals surface area contributed by atoms with E-state index in [1.54, 1.807) is 6.21 Å². The molecule has 4 nitrogen and oxygen atoms in total. The number of hydrogen-bond acceptors (Lipinski definition) is 3. The molecule has 0 fully saturated rings. The molecule has 0 spiro atoms. The highest BCUT2D eigenvalue weighted by atomic mass is 79.9. The van der Waals surface area contributed by atoms with Gasteiger partial charge in [-0.25, -0.2) is 5.43 Å². The number of carbonyl (C=O) groups excluding carboxylic acids is 1. The molecule has 1 N–H and O–H groups in total. The number of carbonyl (C=O) groups is 1. The number of fused-ring (bicyclic) bond motifs is 1. The lowest BCUT2D eigenvalue weighted by Crippen LogP contribution is -2.24. The van der Waals surface area contributed by atoms with Crippen molar-refractivity contribution in [1.29, 1.82) is 0 Å². The lowest BCUT2D eigenvalue weighted by atomic mass is 10.1. The van der Waals surface area contributed by atoms with Gasteiger partial charge in [-0.05, 0) is 41.0 Å². The van der Waals surface area contributed by atoms with Gasteiger partial charge in [-0.1, -0.05) is 41.9 Å². The molecule has 1 amide bonds. The van der Waals surface area contributed by atoms with E-state index in [1.165, 1.54) is 0 Å². The highest BCUT2D eigenvalue weighted by Gasteiger charge is 2.03. The van der Waals surface area contributed by atoms with E-state index in [2.05, 4.69) is 26.5 Å². The average molecular weight is 349 g/mol. The van der Waals surface area contributed by atoms with Gasteiger partial charge >= 0.3 is 0 Å². The summed E-state index contributed by atoms with van der Waals surface area (Å²) in [6.45, 7) is 3.91. The number of nitrogens with zero attached hydrogens (tertiary/aromatic N) is 1. The summed E-state index contributed by atoms with van der Waals surface area (Å²) in [5.74, 6) is 0.682. The van der Waals surface area contributed by atoms with E-state index in [-0.39, 0.29) is 12.5 Å². The van der Waals surface area contributed by atoms with Gasteiger partial charge in [0.05, 0.1) is 0 Å². The van der Waals surface area contributed by atoms with Crippen LogP contribution < -0.4 is 10.2 Å². The molecule has 0 aliphatic carbocycles. The Morgan fingerprint density at radius 3 is 2.76 bits per heavy atom. The van der Waals surface area contributed by atoms with E-state index in [4.69, 9.17) is 4.74 Å². The average Bonchev–Trinajstić information content (AvgIpc) is 2.44. The summed E-state index contributed by atoms with van der Waals surface area (Å²) in [4.78, 5) is 11.6. The van der Waals surface area contributed by atoms with Crippen LogP contribution in [0.3, 0.4) is 0 Å². The minimum absolute atomic E-state index is 0.0581. The topological polar surface area (TPSA) is 50.7 Å². The minimum atomic E-state index is -0.275. The molecule has 5 heteroatoms. The van der Waals surface area contributed by atoms with Crippen molar-refractivity contribution >= 4 is 38.8 Å². The standard InChI is InChI=1S/C16H17BrN2O2/c1-11(2)9-18-19-16(20)10-21-15-6-4-12-7-14(17)5-3-13(12)8-15/h3-9,11H,10H2,1-2H3,(H,19,20)/b18-9-. The van der Waals surface area contributed by atoms with Crippen LogP contribution in [0, 0.1) is 5.92 Å². The summed E-state index contributed by atoms with van der Waals surface area (Å²) in [6.07, 6.45) is 1.67. The van der Waals surface area contributed by atoms with Crippen LogP contribution in [0.1, 0.15) is 13.8 Å². The molecule has 2 rings (SSSR count). The van der Waals surface area contributed by atoms with E-state index >= 15 is 0 Å². The summed E-state index contributed by atoms with van der Waals surface area (Å²) < 4.78 is 6.50. The van der Waals surface area contributed by atoms with E-state index < -0.39 is 0 Å². The van der Waals surface area contributed by atoms with Gasteiger partial charge in [-0.2, -0.15) is 5.10 Å². The molecular weight excluding hydrogens is 332 g/mol. The van der Waals surface area contributed by atoms with Crippen molar-refractivity contribution in [2.45, 2.75) is 13.8 Å². The van der Waals surface area contributed by atoms with Crippen molar-refractivity contribution in [2.24, 2.45) is 11.0 Å². The zero-order valence-corrected chi connectivity index (χ0v) is 13.6. The molecule has 21 heavy (non-hydrogen) atoms. The summed E-state index contributed by atoms with van der Waals surface area (Å²) in [5.41, 5.74) is 2.43. The second kappa shape index (κ2) is 7.22. The van der Waals surface area contributed by atoms with Crippen LogP contribution in [0.15, 0.2) is 46.0 Å². The number of amides is 1. The maximum absolute atomic E-state index is 11.6. The number of benzene rings is 2. The number of nitrogens with one attached hydrogen (secondary N) is 1. The number of ether oxygens (including phenoxy) is 1. The zero-order valence-electron chi connectivity index (χ0n) is 12.0. The molecule has 0 aliphatic rings. The third-order valence-corrected chi connectivity index (χ3v) is 3.20. The van der Waals surface area contributed by atoms with Gasteiger partial charge in [0.2, 0.25) is 0 Å². The van der Waals surface area contributed by atoms with Crippen LogP contribution in [0.2, 0.25) is 0 Å². The first-order chi connectivity index (χ1) is 10.0. The van der Waals surface area contributed by atoms with Crippen LogP contribution in [0.5, 0.6) is 5.75 Å². The Kier molecular flexibility index (Phi) is 5.33. The van der Waals surface area contributed by atoms with Crippen molar-refractivity contribution in [2.75, 3.05) is 6.61 Å². The second-order valence-corrected chi connectivity index (χ2v) is 5.91. The van der Waals surface area contributed by atoms with Gasteiger partial charge in [0.25, 0.3) is 5.91 Å². The van der Waals surface area contributed by atoms with Gasteiger partial charge in [0.1, 0.15) is 5.75 Å². The molecule has 0 radical (unpaired) electrons. The highest BCUT2D eigenvalue weighted by molar-refractivity contribution is 9.10. The molecule has 2 aromatic rings. The first-order valence-electron chi connectivity index (χ1n) is 6.69. The monoisotopic (exact) mass is 348 g/mol. The van der Waals surface area contributed by atoms with Gasteiger partial charge < -0.3 is 4.74 Å².